The molecule has 0 amide bonds. The third kappa shape index (κ3) is 7.27. The fourth-order valence-electron chi connectivity index (χ4n) is 4.57. The fraction of sp³-hybridized carbons (Fsp3) is 0.636. The summed E-state index contributed by atoms with van der Waals surface area (Å²) in [5.74, 6) is -2.05. The zero-order valence-electron chi connectivity index (χ0n) is 18.3. The lowest BCUT2D eigenvalue weighted by Crippen LogP contribution is -2.55. The van der Waals surface area contributed by atoms with Crippen LogP contribution in [-0.2, 0) is 16.0 Å². The van der Waals surface area contributed by atoms with E-state index in [1.165, 1.54) is 12.8 Å². The molecule has 3 atom stereocenters. The first kappa shape index (κ1) is 24.1. The van der Waals surface area contributed by atoms with Crippen molar-refractivity contribution >= 4 is 17.6 Å². The number of nitrogens with zero attached hydrogens (tertiary/aromatic N) is 3. The Hall–Kier alpha value is -2.16. The topological polar surface area (TPSA) is 110 Å². The normalized spacial score (nSPS) is 20.6. The van der Waals surface area contributed by atoms with Crippen molar-refractivity contribution < 1.29 is 19.8 Å². The molecule has 0 radical (unpaired) electrons. The molecule has 1 aliphatic rings. The summed E-state index contributed by atoms with van der Waals surface area (Å²) in [6.45, 7) is -0.0109. The molecule has 0 spiro atoms. The van der Waals surface area contributed by atoms with Gasteiger partial charge in [0.05, 0.1) is 13.1 Å². The van der Waals surface area contributed by atoms with Crippen LogP contribution in [0.25, 0.3) is 0 Å². The average molecular weight is 421 g/mol. The molecule has 168 valence electrons. The van der Waals surface area contributed by atoms with Gasteiger partial charge in [-0.15, -0.1) is 0 Å². The third-order valence-corrected chi connectivity index (χ3v) is 6.07. The van der Waals surface area contributed by atoms with Gasteiger partial charge in [-0.25, -0.2) is 0 Å². The van der Waals surface area contributed by atoms with Crippen LogP contribution in [0.1, 0.15) is 31.2 Å². The standard InChI is InChI=1S/C22H36N4O4/c1-24(2)19-6-4-5-7-20(19)25(3)13-18(12-16-8-10-17(23)11-9-16)26(14-21(27)28)15-22(29)30/h8-11,18-20H,4-7,12-15,23H2,1-3H3,(H,27,28)(H,29,30)/t18-,19+,20+/m1/s1. The molecule has 1 aliphatic carbocycles. The Bertz CT molecular complexity index is 679. The summed E-state index contributed by atoms with van der Waals surface area (Å²) in [5, 5.41) is 18.7. The summed E-state index contributed by atoms with van der Waals surface area (Å²) in [6.07, 6.45) is 5.18. The summed E-state index contributed by atoms with van der Waals surface area (Å²) >= 11 is 0. The SMILES string of the molecule is CN(C)[C@H]1CCCC[C@@H]1N(C)C[C@@H](Cc1ccc(N)cc1)N(CC(=O)O)CC(=O)O. The van der Waals surface area contributed by atoms with Gasteiger partial charge < -0.3 is 25.7 Å². The van der Waals surface area contributed by atoms with E-state index in [0.29, 0.717) is 30.7 Å². The Kier molecular flexibility index (Phi) is 9.08. The number of rotatable bonds is 11. The van der Waals surface area contributed by atoms with Gasteiger partial charge in [-0.05, 0) is 58.1 Å². The van der Waals surface area contributed by atoms with Crippen LogP contribution >= 0.6 is 0 Å². The number of benzene rings is 1. The second-order valence-corrected chi connectivity index (χ2v) is 8.61. The van der Waals surface area contributed by atoms with Crippen LogP contribution in [0.2, 0.25) is 0 Å². The van der Waals surface area contributed by atoms with E-state index < -0.39 is 11.9 Å². The van der Waals surface area contributed by atoms with Crippen molar-refractivity contribution in [1.82, 2.24) is 14.7 Å². The minimum atomic E-state index is -1.02. The summed E-state index contributed by atoms with van der Waals surface area (Å²) in [5.41, 5.74) is 7.47. The Morgan fingerprint density at radius 3 is 2.03 bits per heavy atom. The van der Waals surface area contributed by atoms with E-state index >= 15 is 0 Å². The predicted octanol–water partition coefficient (Wildman–Crippen LogP) is 1.46. The number of anilines is 1. The molecule has 0 aromatic heterocycles. The smallest absolute Gasteiger partial charge is 0.317 e. The van der Waals surface area contributed by atoms with Gasteiger partial charge in [0, 0.05) is 30.4 Å². The molecule has 1 aromatic carbocycles. The molecule has 1 aromatic rings. The lowest BCUT2D eigenvalue weighted by Gasteiger charge is -2.43. The number of carboxylic acids is 2. The predicted molar refractivity (Wildman–Crippen MR) is 118 cm³/mol. The Morgan fingerprint density at radius 2 is 1.53 bits per heavy atom. The summed E-state index contributed by atoms with van der Waals surface area (Å²) in [4.78, 5) is 29.0. The van der Waals surface area contributed by atoms with Crippen molar-refractivity contribution in [3.05, 3.63) is 29.8 Å². The van der Waals surface area contributed by atoms with Crippen LogP contribution in [0, 0.1) is 0 Å². The van der Waals surface area contributed by atoms with Gasteiger partial charge in [0.1, 0.15) is 0 Å². The van der Waals surface area contributed by atoms with E-state index in [4.69, 9.17) is 5.73 Å². The zero-order valence-corrected chi connectivity index (χ0v) is 18.3. The minimum absolute atomic E-state index is 0.240. The molecule has 1 saturated carbocycles. The van der Waals surface area contributed by atoms with Crippen molar-refractivity contribution in [1.29, 1.82) is 0 Å². The van der Waals surface area contributed by atoms with Crippen molar-refractivity contribution in [2.75, 3.05) is 46.5 Å². The van der Waals surface area contributed by atoms with E-state index in [9.17, 15) is 19.8 Å². The highest BCUT2D eigenvalue weighted by Gasteiger charge is 2.32. The number of hydrogen-bond acceptors (Lipinski definition) is 6. The highest BCUT2D eigenvalue weighted by atomic mass is 16.4. The Morgan fingerprint density at radius 1 is 1.00 bits per heavy atom. The highest BCUT2D eigenvalue weighted by molar-refractivity contribution is 5.72. The highest BCUT2D eigenvalue weighted by Crippen LogP contribution is 2.26. The number of nitrogens with two attached hydrogens (primary N) is 1. The van der Waals surface area contributed by atoms with E-state index in [1.807, 2.05) is 24.3 Å². The van der Waals surface area contributed by atoms with Gasteiger partial charge in [0.15, 0.2) is 0 Å². The van der Waals surface area contributed by atoms with E-state index in [-0.39, 0.29) is 19.1 Å². The maximum absolute atomic E-state index is 11.5. The fourth-order valence-corrected chi connectivity index (χ4v) is 4.57. The number of nitrogen functional groups attached to an aromatic ring is 1. The van der Waals surface area contributed by atoms with Crippen LogP contribution in [0.5, 0.6) is 0 Å². The third-order valence-electron chi connectivity index (χ3n) is 6.07. The number of carboxylic acid groups (broad SMARTS) is 2. The maximum atomic E-state index is 11.5. The number of carbonyl (C=O) groups is 2. The van der Waals surface area contributed by atoms with Gasteiger partial charge in [-0.2, -0.15) is 0 Å². The summed E-state index contributed by atoms with van der Waals surface area (Å²) < 4.78 is 0. The van der Waals surface area contributed by atoms with Crippen LogP contribution in [0.3, 0.4) is 0 Å². The lowest BCUT2D eigenvalue weighted by atomic mass is 9.88. The zero-order chi connectivity index (χ0) is 22.3. The van der Waals surface area contributed by atoms with E-state index in [1.54, 1.807) is 4.90 Å². The number of likely N-dealkylation sites (N-methyl/N-ethyl adjacent to an activating group) is 2. The van der Waals surface area contributed by atoms with Gasteiger partial charge in [0.2, 0.25) is 0 Å². The molecule has 0 unspecified atom stereocenters. The van der Waals surface area contributed by atoms with Crippen molar-refractivity contribution in [2.24, 2.45) is 0 Å². The first-order chi connectivity index (χ1) is 14.2. The molecule has 8 nitrogen and oxygen atoms in total. The molecule has 0 bridgehead atoms. The summed E-state index contributed by atoms with van der Waals surface area (Å²) in [7, 11) is 6.27. The Labute approximate surface area is 179 Å². The van der Waals surface area contributed by atoms with Crippen LogP contribution in [0.15, 0.2) is 24.3 Å². The summed E-state index contributed by atoms with van der Waals surface area (Å²) in [6, 6.07) is 8.04. The second kappa shape index (κ2) is 11.3. The first-order valence-corrected chi connectivity index (χ1v) is 10.6. The molecule has 0 aliphatic heterocycles. The van der Waals surface area contributed by atoms with Gasteiger partial charge in [-0.3, -0.25) is 14.5 Å². The molecule has 30 heavy (non-hydrogen) atoms. The second-order valence-electron chi connectivity index (χ2n) is 8.61. The number of aliphatic carboxylic acids is 2. The molecule has 4 N–H and O–H groups in total. The quantitative estimate of drug-likeness (QED) is 0.462. The van der Waals surface area contributed by atoms with E-state index in [2.05, 4.69) is 30.9 Å². The average Bonchev–Trinajstić information content (AvgIpc) is 2.67. The van der Waals surface area contributed by atoms with Crippen molar-refractivity contribution in [2.45, 2.75) is 50.2 Å². The largest absolute Gasteiger partial charge is 0.480 e. The van der Waals surface area contributed by atoms with Crippen molar-refractivity contribution in [3.8, 4) is 0 Å². The molecule has 1 fully saturated rings. The van der Waals surface area contributed by atoms with Crippen LogP contribution in [0.4, 0.5) is 5.69 Å². The first-order valence-electron chi connectivity index (χ1n) is 10.6. The molecule has 8 heteroatoms. The van der Waals surface area contributed by atoms with Crippen LogP contribution < -0.4 is 5.73 Å². The van der Waals surface area contributed by atoms with Gasteiger partial charge >= 0.3 is 11.9 Å². The molecule has 0 saturated heterocycles. The van der Waals surface area contributed by atoms with Gasteiger partial charge in [-0.1, -0.05) is 25.0 Å². The van der Waals surface area contributed by atoms with Gasteiger partial charge in [0.25, 0.3) is 0 Å². The van der Waals surface area contributed by atoms with Crippen molar-refractivity contribution in [3.63, 3.8) is 0 Å². The number of hydrogen-bond donors (Lipinski definition) is 3. The molecule has 0 heterocycles. The lowest BCUT2D eigenvalue weighted by molar-refractivity contribution is -0.143. The molecule has 2 rings (SSSR count). The maximum Gasteiger partial charge on any atom is 0.317 e. The van der Waals surface area contributed by atoms with Crippen LogP contribution in [-0.4, -0.2) is 95.8 Å². The monoisotopic (exact) mass is 420 g/mol. The molecular formula is C22H36N4O4. The Balaban J connectivity index is 2.24. The molecular weight excluding hydrogens is 384 g/mol. The minimum Gasteiger partial charge on any atom is -0.480 e. The van der Waals surface area contributed by atoms with E-state index in [0.717, 1.165) is 18.4 Å².